The van der Waals surface area contributed by atoms with Gasteiger partial charge in [-0.25, -0.2) is 0 Å². The van der Waals surface area contributed by atoms with Crippen LogP contribution in [0.4, 0.5) is 5.82 Å². The SMILES string of the molecule is Cc1ccccc1CNc1ccc(Cl)nn1. The van der Waals surface area contributed by atoms with E-state index in [0.29, 0.717) is 5.15 Å². The minimum atomic E-state index is 0.404. The van der Waals surface area contributed by atoms with Crippen molar-refractivity contribution >= 4 is 17.4 Å². The van der Waals surface area contributed by atoms with Gasteiger partial charge in [-0.2, -0.15) is 0 Å². The van der Waals surface area contributed by atoms with Crippen LogP contribution in [0.25, 0.3) is 0 Å². The summed E-state index contributed by atoms with van der Waals surface area (Å²) in [6.07, 6.45) is 0. The molecule has 2 aromatic rings. The first-order valence-corrected chi connectivity index (χ1v) is 5.41. The molecule has 3 nitrogen and oxygen atoms in total. The number of hydrogen-bond acceptors (Lipinski definition) is 3. The van der Waals surface area contributed by atoms with Crippen molar-refractivity contribution in [3.63, 3.8) is 0 Å². The van der Waals surface area contributed by atoms with E-state index in [-0.39, 0.29) is 0 Å². The van der Waals surface area contributed by atoms with Crippen molar-refractivity contribution in [1.82, 2.24) is 10.2 Å². The molecule has 0 unspecified atom stereocenters. The van der Waals surface area contributed by atoms with Crippen LogP contribution in [0.2, 0.25) is 5.15 Å². The molecule has 1 aromatic heterocycles. The molecule has 0 bridgehead atoms. The number of aryl methyl sites for hydroxylation is 1. The summed E-state index contributed by atoms with van der Waals surface area (Å²) in [6, 6.07) is 11.8. The van der Waals surface area contributed by atoms with E-state index in [1.165, 1.54) is 11.1 Å². The van der Waals surface area contributed by atoms with Gasteiger partial charge in [-0.15, -0.1) is 10.2 Å². The fraction of sp³-hybridized carbons (Fsp3) is 0.167. The van der Waals surface area contributed by atoms with Gasteiger partial charge in [0.2, 0.25) is 0 Å². The van der Waals surface area contributed by atoms with Crippen LogP contribution in [0.3, 0.4) is 0 Å². The van der Waals surface area contributed by atoms with Gasteiger partial charge in [0.05, 0.1) is 0 Å². The van der Waals surface area contributed by atoms with Gasteiger partial charge < -0.3 is 5.32 Å². The van der Waals surface area contributed by atoms with Gasteiger partial charge in [-0.3, -0.25) is 0 Å². The molecule has 16 heavy (non-hydrogen) atoms. The van der Waals surface area contributed by atoms with Crippen molar-refractivity contribution in [2.45, 2.75) is 13.5 Å². The molecular weight excluding hydrogens is 222 g/mol. The third kappa shape index (κ3) is 2.70. The second-order valence-corrected chi connectivity index (χ2v) is 3.91. The van der Waals surface area contributed by atoms with Gasteiger partial charge in [0.15, 0.2) is 5.15 Å². The first-order valence-electron chi connectivity index (χ1n) is 5.03. The van der Waals surface area contributed by atoms with Crippen molar-refractivity contribution in [2.24, 2.45) is 0 Å². The number of anilines is 1. The number of hydrogen-bond donors (Lipinski definition) is 1. The van der Waals surface area contributed by atoms with Crippen molar-refractivity contribution < 1.29 is 0 Å². The molecule has 0 saturated carbocycles. The molecule has 2 rings (SSSR count). The Morgan fingerprint density at radius 2 is 1.94 bits per heavy atom. The molecule has 0 saturated heterocycles. The Bertz CT molecular complexity index is 468. The van der Waals surface area contributed by atoms with Crippen molar-refractivity contribution in [1.29, 1.82) is 0 Å². The van der Waals surface area contributed by atoms with Crippen molar-refractivity contribution in [2.75, 3.05) is 5.32 Å². The summed E-state index contributed by atoms with van der Waals surface area (Å²) in [4.78, 5) is 0. The fourth-order valence-corrected chi connectivity index (χ4v) is 1.51. The predicted octanol–water partition coefficient (Wildman–Crippen LogP) is 3.05. The quantitative estimate of drug-likeness (QED) is 0.886. The van der Waals surface area contributed by atoms with Crippen LogP contribution in [0, 0.1) is 6.92 Å². The summed E-state index contributed by atoms with van der Waals surface area (Å²) in [5.74, 6) is 0.729. The molecule has 0 aliphatic rings. The minimum absolute atomic E-state index is 0.404. The number of benzene rings is 1. The molecule has 0 amide bonds. The Kier molecular flexibility index (Phi) is 3.37. The smallest absolute Gasteiger partial charge is 0.151 e. The summed E-state index contributed by atoms with van der Waals surface area (Å²) in [5, 5.41) is 11.3. The normalized spacial score (nSPS) is 10.1. The van der Waals surface area contributed by atoms with E-state index >= 15 is 0 Å². The highest BCUT2D eigenvalue weighted by Gasteiger charge is 1.98. The fourth-order valence-electron chi connectivity index (χ4n) is 1.40. The lowest BCUT2D eigenvalue weighted by Gasteiger charge is -2.07. The van der Waals surface area contributed by atoms with Crippen LogP contribution in [0.5, 0.6) is 0 Å². The zero-order chi connectivity index (χ0) is 11.4. The first-order chi connectivity index (χ1) is 7.75. The van der Waals surface area contributed by atoms with Crippen LogP contribution in [0.15, 0.2) is 36.4 Å². The lowest BCUT2D eigenvalue weighted by molar-refractivity contribution is 0.996. The number of nitrogens with one attached hydrogen (secondary N) is 1. The van der Waals surface area contributed by atoms with E-state index in [1.807, 2.05) is 18.2 Å². The monoisotopic (exact) mass is 233 g/mol. The molecule has 0 aliphatic heterocycles. The van der Waals surface area contributed by atoms with Gasteiger partial charge in [-0.1, -0.05) is 35.9 Å². The van der Waals surface area contributed by atoms with E-state index < -0.39 is 0 Å². The second-order valence-electron chi connectivity index (χ2n) is 3.52. The van der Waals surface area contributed by atoms with Crippen molar-refractivity contribution in [3.8, 4) is 0 Å². The Morgan fingerprint density at radius 1 is 1.12 bits per heavy atom. The standard InChI is InChI=1S/C12H12ClN3/c1-9-4-2-3-5-10(9)8-14-12-7-6-11(13)15-16-12/h2-7H,8H2,1H3,(H,14,16). The van der Waals surface area contributed by atoms with Crippen molar-refractivity contribution in [3.05, 3.63) is 52.7 Å². The summed E-state index contributed by atoms with van der Waals surface area (Å²) in [5.41, 5.74) is 2.51. The maximum absolute atomic E-state index is 5.65. The molecule has 0 aliphatic carbocycles. The maximum Gasteiger partial charge on any atom is 0.151 e. The molecule has 0 radical (unpaired) electrons. The van der Waals surface area contributed by atoms with E-state index in [2.05, 4.69) is 34.6 Å². The zero-order valence-electron chi connectivity index (χ0n) is 8.94. The molecule has 0 atom stereocenters. The Hall–Kier alpha value is -1.61. The van der Waals surface area contributed by atoms with Crippen LogP contribution >= 0.6 is 11.6 Å². The third-order valence-corrected chi connectivity index (χ3v) is 2.55. The molecule has 1 aromatic carbocycles. The summed E-state index contributed by atoms with van der Waals surface area (Å²) in [7, 11) is 0. The molecule has 0 spiro atoms. The highest BCUT2D eigenvalue weighted by Crippen LogP contribution is 2.10. The van der Waals surface area contributed by atoms with E-state index in [1.54, 1.807) is 6.07 Å². The van der Waals surface area contributed by atoms with Crippen LogP contribution in [-0.4, -0.2) is 10.2 Å². The molecule has 4 heteroatoms. The number of aromatic nitrogens is 2. The van der Waals surface area contributed by atoms with Gasteiger partial charge in [-0.05, 0) is 30.2 Å². The van der Waals surface area contributed by atoms with Gasteiger partial charge in [0.1, 0.15) is 5.82 Å². The van der Waals surface area contributed by atoms with Gasteiger partial charge in [0.25, 0.3) is 0 Å². The number of rotatable bonds is 3. The molecule has 1 heterocycles. The predicted molar refractivity (Wildman–Crippen MR) is 65.5 cm³/mol. The second kappa shape index (κ2) is 4.94. The largest absolute Gasteiger partial charge is 0.364 e. The topological polar surface area (TPSA) is 37.8 Å². The number of nitrogens with zero attached hydrogens (tertiary/aromatic N) is 2. The van der Waals surface area contributed by atoms with Gasteiger partial charge in [0, 0.05) is 6.54 Å². The lowest BCUT2D eigenvalue weighted by atomic mass is 10.1. The highest BCUT2D eigenvalue weighted by atomic mass is 35.5. The minimum Gasteiger partial charge on any atom is -0.364 e. The average Bonchev–Trinajstić information content (AvgIpc) is 2.30. The Labute approximate surface area is 99.5 Å². The molecule has 0 fully saturated rings. The van der Waals surface area contributed by atoms with E-state index in [9.17, 15) is 0 Å². The van der Waals surface area contributed by atoms with Crippen LogP contribution in [0.1, 0.15) is 11.1 Å². The Morgan fingerprint density at radius 3 is 2.62 bits per heavy atom. The molecule has 82 valence electrons. The van der Waals surface area contributed by atoms with Crippen LogP contribution in [-0.2, 0) is 6.54 Å². The van der Waals surface area contributed by atoms with E-state index in [4.69, 9.17) is 11.6 Å². The summed E-state index contributed by atoms with van der Waals surface area (Å²) >= 11 is 5.65. The third-order valence-electron chi connectivity index (χ3n) is 2.35. The summed E-state index contributed by atoms with van der Waals surface area (Å²) in [6.45, 7) is 2.83. The zero-order valence-corrected chi connectivity index (χ0v) is 9.70. The van der Waals surface area contributed by atoms with Crippen LogP contribution < -0.4 is 5.32 Å². The first kappa shape index (κ1) is 10.9. The highest BCUT2D eigenvalue weighted by molar-refractivity contribution is 6.29. The summed E-state index contributed by atoms with van der Waals surface area (Å²) < 4.78 is 0. The number of halogens is 1. The van der Waals surface area contributed by atoms with E-state index in [0.717, 1.165) is 12.4 Å². The molecular formula is C12H12ClN3. The molecule has 1 N–H and O–H groups in total. The Balaban J connectivity index is 2.02. The maximum atomic E-state index is 5.65. The lowest BCUT2D eigenvalue weighted by Crippen LogP contribution is -2.03. The average molecular weight is 234 g/mol. The van der Waals surface area contributed by atoms with Gasteiger partial charge >= 0.3 is 0 Å².